The van der Waals surface area contributed by atoms with E-state index in [4.69, 9.17) is 4.42 Å². The van der Waals surface area contributed by atoms with Gasteiger partial charge in [-0.25, -0.2) is 0 Å². The number of carbonyl (C=O) groups excluding carboxylic acids is 2. The van der Waals surface area contributed by atoms with E-state index in [9.17, 15) is 9.59 Å². The maximum Gasteiger partial charge on any atom is 0.241 e. The van der Waals surface area contributed by atoms with Crippen LogP contribution in [-0.4, -0.2) is 54.3 Å². The summed E-state index contributed by atoms with van der Waals surface area (Å²) in [5.41, 5.74) is 0.853. The van der Waals surface area contributed by atoms with Crippen LogP contribution in [0.15, 0.2) is 53.1 Å². The third-order valence-corrected chi connectivity index (χ3v) is 4.44. The van der Waals surface area contributed by atoms with Crippen LogP contribution in [0.2, 0.25) is 0 Å². The number of hydrogen-bond acceptors (Lipinski definition) is 4. The summed E-state index contributed by atoms with van der Waals surface area (Å²) in [6.45, 7) is 5.10. The molecule has 1 saturated heterocycles. The predicted molar refractivity (Wildman–Crippen MR) is 95.0 cm³/mol. The molecule has 6 heteroatoms. The second-order valence-corrected chi connectivity index (χ2v) is 6.18. The Morgan fingerprint density at radius 1 is 1.04 bits per heavy atom. The van der Waals surface area contributed by atoms with Crippen molar-refractivity contribution in [1.82, 2.24) is 9.80 Å². The van der Waals surface area contributed by atoms with E-state index in [0.29, 0.717) is 39.3 Å². The van der Waals surface area contributed by atoms with Crippen LogP contribution in [0.25, 0.3) is 0 Å². The lowest BCUT2D eigenvalue weighted by atomic mass is 10.2. The molecule has 1 aromatic heterocycles. The van der Waals surface area contributed by atoms with E-state index >= 15 is 0 Å². The number of rotatable bonds is 5. The van der Waals surface area contributed by atoms with Crippen molar-refractivity contribution in [3.05, 3.63) is 54.5 Å². The minimum Gasteiger partial charge on any atom is -0.467 e. The normalized spacial score (nSPS) is 15.2. The van der Waals surface area contributed by atoms with Gasteiger partial charge in [-0.2, -0.15) is 0 Å². The summed E-state index contributed by atoms with van der Waals surface area (Å²) in [6.07, 6.45) is 1.62. The maximum absolute atomic E-state index is 12.9. The lowest BCUT2D eigenvalue weighted by Crippen LogP contribution is -2.51. The molecular weight excluding hydrogens is 318 g/mol. The molecule has 0 unspecified atom stereocenters. The highest BCUT2D eigenvalue weighted by Gasteiger charge is 2.24. The Balaban J connectivity index is 1.66. The van der Waals surface area contributed by atoms with Gasteiger partial charge >= 0.3 is 0 Å². The number of nitrogens with zero attached hydrogens (tertiary/aromatic N) is 3. The standard InChI is InChI=1S/C19H23N3O3/c1-16(23)21-11-9-20(10-12-21)15-19(24)22(14-18-8-5-13-25-18)17-6-3-2-4-7-17/h2-8,13H,9-12,14-15H2,1H3. The van der Waals surface area contributed by atoms with E-state index in [1.165, 1.54) is 0 Å². The molecule has 0 aliphatic carbocycles. The molecule has 0 N–H and O–H groups in total. The van der Waals surface area contributed by atoms with Gasteiger partial charge in [0.05, 0.1) is 19.4 Å². The Labute approximate surface area is 147 Å². The van der Waals surface area contributed by atoms with Gasteiger partial charge in [-0.1, -0.05) is 18.2 Å². The molecule has 1 aromatic carbocycles. The van der Waals surface area contributed by atoms with Gasteiger partial charge in [0.25, 0.3) is 0 Å². The second-order valence-electron chi connectivity index (χ2n) is 6.18. The Morgan fingerprint density at radius 2 is 1.76 bits per heavy atom. The Hall–Kier alpha value is -2.60. The SMILES string of the molecule is CC(=O)N1CCN(CC(=O)N(Cc2ccco2)c2ccccc2)CC1. The van der Waals surface area contributed by atoms with Crippen LogP contribution in [0.1, 0.15) is 12.7 Å². The Kier molecular flexibility index (Phi) is 5.50. The number of carbonyl (C=O) groups is 2. The molecule has 0 radical (unpaired) electrons. The fourth-order valence-corrected chi connectivity index (χ4v) is 2.99. The van der Waals surface area contributed by atoms with Crippen LogP contribution in [0.5, 0.6) is 0 Å². The molecule has 3 rings (SSSR count). The van der Waals surface area contributed by atoms with E-state index in [1.54, 1.807) is 18.1 Å². The summed E-state index contributed by atoms with van der Waals surface area (Å²) < 4.78 is 5.41. The number of piperazine rings is 1. The molecule has 0 spiro atoms. The van der Waals surface area contributed by atoms with Gasteiger partial charge in [-0.3, -0.25) is 14.5 Å². The van der Waals surface area contributed by atoms with Crippen molar-refractivity contribution in [2.24, 2.45) is 0 Å². The van der Waals surface area contributed by atoms with Crippen molar-refractivity contribution in [2.45, 2.75) is 13.5 Å². The fourth-order valence-electron chi connectivity index (χ4n) is 2.99. The smallest absolute Gasteiger partial charge is 0.241 e. The first-order chi connectivity index (χ1) is 12.1. The summed E-state index contributed by atoms with van der Waals surface area (Å²) >= 11 is 0. The van der Waals surface area contributed by atoms with Crippen LogP contribution in [0.3, 0.4) is 0 Å². The lowest BCUT2D eigenvalue weighted by Gasteiger charge is -2.34. The maximum atomic E-state index is 12.9. The number of furan rings is 1. The molecule has 1 aliphatic heterocycles. The molecule has 6 nitrogen and oxygen atoms in total. The largest absolute Gasteiger partial charge is 0.467 e. The molecular formula is C19H23N3O3. The number of benzene rings is 1. The third-order valence-electron chi connectivity index (χ3n) is 4.44. The number of hydrogen-bond donors (Lipinski definition) is 0. The van der Waals surface area contributed by atoms with Crippen LogP contribution < -0.4 is 4.90 Å². The van der Waals surface area contributed by atoms with Gasteiger partial charge in [-0.15, -0.1) is 0 Å². The summed E-state index contributed by atoms with van der Waals surface area (Å²) in [7, 11) is 0. The molecule has 132 valence electrons. The molecule has 2 amide bonds. The van der Waals surface area contributed by atoms with Crippen molar-refractivity contribution in [1.29, 1.82) is 0 Å². The van der Waals surface area contributed by atoms with Crippen molar-refractivity contribution in [3.8, 4) is 0 Å². The molecule has 2 aromatic rings. The van der Waals surface area contributed by atoms with Gasteiger partial charge in [0.2, 0.25) is 11.8 Å². The molecule has 1 fully saturated rings. The monoisotopic (exact) mass is 341 g/mol. The predicted octanol–water partition coefficient (Wildman–Crippen LogP) is 1.98. The second kappa shape index (κ2) is 7.98. The number of anilines is 1. The molecule has 0 atom stereocenters. The van der Waals surface area contributed by atoms with Crippen molar-refractivity contribution in [3.63, 3.8) is 0 Å². The van der Waals surface area contributed by atoms with E-state index in [-0.39, 0.29) is 11.8 Å². The highest BCUT2D eigenvalue weighted by molar-refractivity contribution is 5.94. The minimum atomic E-state index is 0.0267. The molecule has 2 heterocycles. The highest BCUT2D eigenvalue weighted by atomic mass is 16.3. The Bertz CT molecular complexity index is 692. The molecule has 1 aliphatic rings. The summed E-state index contributed by atoms with van der Waals surface area (Å²) in [6, 6.07) is 13.3. The average molecular weight is 341 g/mol. The van der Waals surface area contributed by atoms with Gasteiger partial charge in [-0.05, 0) is 24.3 Å². The lowest BCUT2D eigenvalue weighted by molar-refractivity contribution is -0.130. The van der Waals surface area contributed by atoms with Crippen LogP contribution in [0, 0.1) is 0 Å². The molecule has 0 bridgehead atoms. The van der Waals surface area contributed by atoms with Crippen LogP contribution in [-0.2, 0) is 16.1 Å². The van der Waals surface area contributed by atoms with E-state index in [2.05, 4.69) is 4.90 Å². The minimum absolute atomic E-state index is 0.0267. The van der Waals surface area contributed by atoms with Gasteiger partial charge in [0, 0.05) is 38.8 Å². The Morgan fingerprint density at radius 3 is 2.36 bits per heavy atom. The van der Waals surface area contributed by atoms with Gasteiger partial charge in [0.1, 0.15) is 5.76 Å². The highest BCUT2D eigenvalue weighted by Crippen LogP contribution is 2.18. The van der Waals surface area contributed by atoms with Crippen molar-refractivity contribution in [2.75, 3.05) is 37.6 Å². The van der Waals surface area contributed by atoms with Crippen molar-refractivity contribution < 1.29 is 14.0 Å². The molecule has 25 heavy (non-hydrogen) atoms. The third kappa shape index (κ3) is 4.48. The topological polar surface area (TPSA) is 57.0 Å². The zero-order valence-electron chi connectivity index (χ0n) is 14.4. The summed E-state index contributed by atoms with van der Waals surface area (Å²) in [5.74, 6) is 0.868. The van der Waals surface area contributed by atoms with Crippen molar-refractivity contribution >= 4 is 17.5 Å². The zero-order valence-corrected chi connectivity index (χ0v) is 14.4. The van der Waals surface area contributed by atoms with Gasteiger partial charge in [0.15, 0.2) is 0 Å². The number of amides is 2. The first-order valence-electron chi connectivity index (χ1n) is 8.49. The molecule has 0 saturated carbocycles. The summed E-state index contributed by atoms with van der Waals surface area (Å²) in [4.78, 5) is 30.0. The summed E-state index contributed by atoms with van der Waals surface area (Å²) in [5, 5.41) is 0. The average Bonchev–Trinajstić information content (AvgIpc) is 3.14. The van der Waals surface area contributed by atoms with E-state index in [0.717, 1.165) is 11.4 Å². The first-order valence-corrected chi connectivity index (χ1v) is 8.49. The number of para-hydroxylation sites is 1. The fraction of sp³-hybridized carbons (Fsp3) is 0.368. The first kappa shape index (κ1) is 17.2. The van der Waals surface area contributed by atoms with Crippen LogP contribution in [0.4, 0.5) is 5.69 Å². The quantitative estimate of drug-likeness (QED) is 0.834. The van der Waals surface area contributed by atoms with E-state index < -0.39 is 0 Å². The van der Waals surface area contributed by atoms with Gasteiger partial charge < -0.3 is 14.2 Å². The van der Waals surface area contributed by atoms with Crippen LogP contribution >= 0.6 is 0 Å². The van der Waals surface area contributed by atoms with E-state index in [1.807, 2.05) is 47.4 Å². The zero-order chi connectivity index (χ0) is 17.6.